The van der Waals surface area contributed by atoms with Gasteiger partial charge in [0.25, 0.3) is 11.8 Å². The first kappa shape index (κ1) is 23.8. The van der Waals surface area contributed by atoms with Gasteiger partial charge < -0.3 is 15.1 Å². The van der Waals surface area contributed by atoms with E-state index in [0.717, 1.165) is 29.5 Å². The van der Waals surface area contributed by atoms with Crippen LogP contribution >= 0.6 is 0 Å². The van der Waals surface area contributed by atoms with E-state index in [1.807, 2.05) is 43.3 Å². The number of hydrogen-bond donors (Lipinski definition) is 2. The minimum Gasteiger partial charge on any atom is -0.455 e. The highest BCUT2D eigenvalue weighted by Crippen LogP contribution is 2.40. The Morgan fingerprint density at radius 3 is 2.31 bits per heavy atom. The molecule has 3 aromatic carbocycles. The van der Waals surface area contributed by atoms with E-state index in [0.29, 0.717) is 39.3 Å². The number of carbonyl (C=O) groups is 2. The Hall–Kier alpha value is -3.93. The Morgan fingerprint density at radius 1 is 0.944 bits per heavy atom. The van der Waals surface area contributed by atoms with Gasteiger partial charge in [0.1, 0.15) is 17.2 Å². The molecule has 0 atom stereocenters. The third-order valence-corrected chi connectivity index (χ3v) is 7.09. The molecule has 2 N–H and O–H groups in total. The van der Waals surface area contributed by atoms with Crippen LogP contribution in [0.25, 0.3) is 33.4 Å². The van der Waals surface area contributed by atoms with Gasteiger partial charge in [-0.15, -0.1) is 0 Å². The van der Waals surface area contributed by atoms with E-state index in [9.17, 15) is 14.0 Å². The second-order valence-corrected chi connectivity index (χ2v) is 10.1. The van der Waals surface area contributed by atoms with Crippen molar-refractivity contribution in [1.82, 2.24) is 10.6 Å². The van der Waals surface area contributed by atoms with E-state index in [4.69, 9.17) is 4.42 Å². The number of amides is 2. The fraction of sp³-hybridized carbons (Fsp3) is 0.267. The van der Waals surface area contributed by atoms with Crippen molar-refractivity contribution in [1.29, 1.82) is 0 Å². The lowest BCUT2D eigenvalue weighted by Crippen LogP contribution is -2.45. The van der Waals surface area contributed by atoms with Crippen molar-refractivity contribution in [3.8, 4) is 22.5 Å². The van der Waals surface area contributed by atoms with Crippen LogP contribution in [0, 0.1) is 18.7 Å². The lowest BCUT2D eigenvalue weighted by Gasteiger charge is -2.26. The minimum atomic E-state index is -0.362. The fourth-order valence-electron chi connectivity index (χ4n) is 4.77. The third kappa shape index (κ3) is 4.39. The summed E-state index contributed by atoms with van der Waals surface area (Å²) < 4.78 is 19.6. The van der Waals surface area contributed by atoms with Crippen LogP contribution in [0.3, 0.4) is 0 Å². The SMILES string of the molecule is CNC(=O)c1c(-c2ccc(F)cc2)oc2ccc(-c3cc(C(=O)NC(C)(C)C4CC4)ccc3C)cc12. The summed E-state index contributed by atoms with van der Waals surface area (Å²) in [5.41, 5.74) is 4.69. The van der Waals surface area contributed by atoms with Gasteiger partial charge in [-0.05, 0) is 105 Å². The topological polar surface area (TPSA) is 71.3 Å². The van der Waals surface area contributed by atoms with Crippen molar-refractivity contribution in [2.75, 3.05) is 7.05 Å². The lowest BCUT2D eigenvalue weighted by molar-refractivity contribution is 0.0902. The quantitative estimate of drug-likeness (QED) is 0.328. The third-order valence-electron chi connectivity index (χ3n) is 7.09. The number of benzene rings is 3. The number of furan rings is 1. The molecule has 1 aliphatic carbocycles. The Balaban J connectivity index is 1.58. The zero-order valence-electron chi connectivity index (χ0n) is 20.9. The largest absolute Gasteiger partial charge is 0.455 e. The predicted molar refractivity (Wildman–Crippen MR) is 139 cm³/mol. The van der Waals surface area contributed by atoms with Crippen LogP contribution < -0.4 is 10.6 Å². The highest BCUT2D eigenvalue weighted by atomic mass is 19.1. The number of rotatable bonds is 6. The van der Waals surface area contributed by atoms with Gasteiger partial charge in [0, 0.05) is 29.1 Å². The molecule has 1 fully saturated rings. The molecule has 36 heavy (non-hydrogen) atoms. The summed E-state index contributed by atoms with van der Waals surface area (Å²) in [6.07, 6.45) is 2.29. The van der Waals surface area contributed by atoms with Crippen molar-refractivity contribution in [3.05, 3.63) is 83.2 Å². The van der Waals surface area contributed by atoms with Crippen molar-refractivity contribution in [2.45, 2.75) is 39.2 Å². The van der Waals surface area contributed by atoms with E-state index in [1.165, 1.54) is 12.1 Å². The molecule has 0 aliphatic heterocycles. The highest BCUT2D eigenvalue weighted by molar-refractivity contribution is 6.12. The highest BCUT2D eigenvalue weighted by Gasteiger charge is 2.38. The number of carbonyl (C=O) groups excluding carboxylic acids is 2. The molecule has 5 rings (SSSR count). The second kappa shape index (κ2) is 8.94. The number of hydrogen-bond acceptors (Lipinski definition) is 3. The Bertz CT molecular complexity index is 1480. The fourth-order valence-corrected chi connectivity index (χ4v) is 4.77. The molecule has 184 valence electrons. The number of aryl methyl sites for hydroxylation is 1. The summed E-state index contributed by atoms with van der Waals surface area (Å²) in [5, 5.41) is 6.52. The van der Waals surface area contributed by atoms with Crippen LogP contribution in [0.2, 0.25) is 0 Å². The standard InChI is InChI=1S/C30H29FN2O3/c1-17-5-6-20(28(34)33-30(2,3)21-10-11-21)16-23(17)19-9-14-25-24(15-19)26(29(35)32-4)27(36-25)18-7-12-22(31)13-8-18/h5-9,12-16,21H,10-11H2,1-4H3,(H,32,35)(H,33,34). The van der Waals surface area contributed by atoms with Gasteiger partial charge in [-0.1, -0.05) is 12.1 Å². The van der Waals surface area contributed by atoms with Crippen LogP contribution in [-0.4, -0.2) is 24.4 Å². The number of halogens is 1. The normalized spacial score (nSPS) is 13.6. The van der Waals surface area contributed by atoms with Gasteiger partial charge >= 0.3 is 0 Å². The van der Waals surface area contributed by atoms with Gasteiger partial charge in [0.2, 0.25) is 0 Å². The van der Waals surface area contributed by atoms with Crippen molar-refractivity contribution >= 4 is 22.8 Å². The molecule has 1 aliphatic rings. The molecule has 6 heteroatoms. The Labute approximate surface area is 209 Å². The monoisotopic (exact) mass is 484 g/mol. The van der Waals surface area contributed by atoms with Crippen LogP contribution in [0.5, 0.6) is 0 Å². The maximum atomic E-state index is 13.5. The van der Waals surface area contributed by atoms with Gasteiger partial charge in [-0.3, -0.25) is 9.59 Å². The molecule has 0 unspecified atom stereocenters. The van der Waals surface area contributed by atoms with Gasteiger partial charge in [0.05, 0.1) is 5.56 Å². The summed E-state index contributed by atoms with van der Waals surface area (Å²) in [6, 6.07) is 17.2. The zero-order chi connectivity index (χ0) is 25.6. The van der Waals surface area contributed by atoms with Crippen molar-refractivity contribution in [3.63, 3.8) is 0 Å². The molecule has 0 radical (unpaired) electrons. The molecule has 0 saturated heterocycles. The van der Waals surface area contributed by atoms with Crippen molar-refractivity contribution < 1.29 is 18.4 Å². The summed E-state index contributed by atoms with van der Waals surface area (Å²) >= 11 is 0. The first-order valence-corrected chi connectivity index (χ1v) is 12.2. The summed E-state index contributed by atoms with van der Waals surface area (Å²) in [4.78, 5) is 26.0. The smallest absolute Gasteiger partial charge is 0.255 e. The lowest BCUT2D eigenvalue weighted by atomic mass is 9.94. The molecular weight excluding hydrogens is 455 g/mol. The van der Waals surface area contributed by atoms with E-state index < -0.39 is 0 Å². The maximum Gasteiger partial charge on any atom is 0.255 e. The minimum absolute atomic E-state index is 0.0952. The molecule has 1 heterocycles. The van der Waals surface area contributed by atoms with Gasteiger partial charge in [0.15, 0.2) is 0 Å². The number of fused-ring (bicyclic) bond motifs is 1. The molecular formula is C30H29FN2O3. The van der Waals surface area contributed by atoms with Crippen molar-refractivity contribution in [2.24, 2.45) is 5.92 Å². The summed E-state index contributed by atoms with van der Waals surface area (Å²) in [6.45, 7) is 6.14. The van der Waals surface area contributed by atoms with E-state index in [1.54, 1.807) is 19.2 Å². The van der Waals surface area contributed by atoms with Gasteiger partial charge in [-0.25, -0.2) is 4.39 Å². The first-order valence-electron chi connectivity index (χ1n) is 12.2. The molecule has 1 aromatic heterocycles. The summed E-state index contributed by atoms with van der Waals surface area (Å²) in [7, 11) is 1.56. The molecule has 5 nitrogen and oxygen atoms in total. The van der Waals surface area contributed by atoms with Gasteiger partial charge in [-0.2, -0.15) is 0 Å². The van der Waals surface area contributed by atoms with E-state index in [2.05, 4.69) is 24.5 Å². The van der Waals surface area contributed by atoms with Crippen LogP contribution in [0.15, 0.2) is 65.1 Å². The zero-order valence-corrected chi connectivity index (χ0v) is 20.9. The molecule has 1 saturated carbocycles. The molecule has 4 aromatic rings. The van der Waals surface area contributed by atoms with Crippen LogP contribution in [0.4, 0.5) is 4.39 Å². The van der Waals surface area contributed by atoms with E-state index in [-0.39, 0.29) is 23.2 Å². The predicted octanol–water partition coefficient (Wildman–Crippen LogP) is 6.49. The van der Waals surface area contributed by atoms with Crippen LogP contribution in [0.1, 0.15) is 53.0 Å². The average Bonchev–Trinajstić information content (AvgIpc) is 3.66. The average molecular weight is 485 g/mol. The number of nitrogens with one attached hydrogen (secondary N) is 2. The maximum absolute atomic E-state index is 13.5. The molecule has 0 bridgehead atoms. The Morgan fingerprint density at radius 2 is 1.64 bits per heavy atom. The summed E-state index contributed by atoms with van der Waals surface area (Å²) in [5.74, 6) is 0.153. The molecule has 0 spiro atoms. The van der Waals surface area contributed by atoms with E-state index >= 15 is 0 Å². The van der Waals surface area contributed by atoms with Crippen LogP contribution in [-0.2, 0) is 0 Å². The Kier molecular flexibility index (Phi) is 5.91. The first-order chi connectivity index (χ1) is 17.2. The molecule has 2 amide bonds. The second-order valence-electron chi connectivity index (χ2n) is 10.1.